The SMILES string of the molecule is CCCCCCN=C(N)NCCNS(C)(=O)=O. The van der Waals surface area contributed by atoms with Crippen LogP contribution in [-0.4, -0.2) is 40.3 Å². The normalized spacial score (nSPS) is 12.7. The predicted octanol–water partition coefficient (Wildman–Crippen LogP) is 0.0202. The Hall–Kier alpha value is -0.820. The summed E-state index contributed by atoms with van der Waals surface area (Å²) in [7, 11) is -3.12. The van der Waals surface area contributed by atoms with Gasteiger partial charge in [0, 0.05) is 19.6 Å². The highest BCUT2D eigenvalue weighted by Crippen LogP contribution is 1.98. The van der Waals surface area contributed by atoms with Crippen LogP contribution in [0.3, 0.4) is 0 Å². The fraction of sp³-hybridized carbons (Fsp3) is 0.900. The average molecular weight is 264 g/mol. The molecule has 6 nitrogen and oxygen atoms in total. The number of nitrogens with zero attached hydrogens (tertiary/aromatic N) is 1. The average Bonchev–Trinajstić information content (AvgIpc) is 2.23. The Bertz CT molecular complexity index is 314. The van der Waals surface area contributed by atoms with Crippen LogP contribution < -0.4 is 15.8 Å². The third kappa shape index (κ3) is 13.1. The molecule has 7 heteroatoms. The van der Waals surface area contributed by atoms with Crippen LogP contribution in [0.1, 0.15) is 32.6 Å². The van der Waals surface area contributed by atoms with Gasteiger partial charge in [-0.25, -0.2) is 13.1 Å². The van der Waals surface area contributed by atoms with E-state index in [1.807, 2.05) is 0 Å². The standard InChI is InChI=1S/C10H24N4O2S/c1-3-4-5-6-7-12-10(11)13-8-9-14-17(2,15)16/h14H,3-9H2,1-2H3,(H3,11,12,13). The Morgan fingerprint density at radius 3 is 2.53 bits per heavy atom. The first-order valence-electron chi connectivity index (χ1n) is 5.94. The first kappa shape index (κ1) is 16.2. The quantitative estimate of drug-likeness (QED) is 0.311. The van der Waals surface area contributed by atoms with Crippen LogP contribution in [-0.2, 0) is 10.0 Å². The van der Waals surface area contributed by atoms with Gasteiger partial charge in [-0.3, -0.25) is 4.99 Å². The lowest BCUT2D eigenvalue weighted by atomic mass is 10.2. The van der Waals surface area contributed by atoms with Crippen LogP contribution in [0.5, 0.6) is 0 Å². The Kier molecular flexibility index (Phi) is 8.79. The zero-order chi connectivity index (χ0) is 13.1. The van der Waals surface area contributed by atoms with Gasteiger partial charge in [-0.1, -0.05) is 26.2 Å². The van der Waals surface area contributed by atoms with E-state index in [1.54, 1.807) is 0 Å². The fourth-order valence-corrected chi connectivity index (χ4v) is 1.69. The molecule has 0 rings (SSSR count). The van der Waals surface area contributed by atoms with E-state index in [4.69, 9.17) is 5.73 Å². The first-order chi connectivity index (χ1) is 7.95. The Balaban J connectivity index is 3.51. The van der Waals surface area contributed by atoms with Gasteiger partial charge < -0.3 is 11.1 Å². The van der Waals surface area contributed by atoms with Crippen molar-refractivity contribution in [2.75, 3.05) is 25.9 Å². The number of aliphatic imine (C=N–C) groups is 1. The molecule has 0 radical (unpaired) electrons. The van der Waals surface area contributed by atoms with Crippen LogP contribution in [0.2, 0.25) is 0 Å². The van der Waals surface area contributed by atoms with E-state index in [0.29, 0.717) is 19.0 Å². The van der Waals surface area contributed by atoms with Crippen LogP contribution in [0.4, 0.5) is 0 Å². The Morgan fingerprint density at radius 1 is 1.24 bits per heavy atom. The van der Waals surface area contributed by atoms with Crippen LogP contribution in [0.25, 0.3) is 0 Å². The highest BCUT2D eigenvalue weighted by molar-refractivity contribution is 7.88. The Morgan fingerprint density at radius 2 is 1.94 bits per heavy atom. The molecular formula is C10H24N4O2S. The van der Waals surface area contributed by atoms with Crippen molar-refractivity contribution < 1.29 is 8.42 Å². The molecule has 0 aromatic rings. The molecule has 102 valence electrons. The van der Waals surface area contributed by atoms with Crippen molar-refractivity contribution in [3.63, 3.8) is 0 Å². The van der Waals surface area contributed by atoms with E-state index in [-0.39, 0.29) is 0 Å². The van der Waals surface area contributed by atoms with E-state index >= 15 is 0 Å². The molecule has 0 aromatic carbocycles. The zero-order valence-corrected chi connectivity index (χ0v) is 11.5. The first-order valence-corrected chi connectivity index (χ1v) is 7.83. The molecule has 0 amide bonds. The second-order valence-corrected chi connectivity index (χ2v) is 5.75. The highest BCUT2D eigenvalue weighted by atomic mass is 32.2. The van der Waals surface area contributed by atoms with Gasteiger partial charge in [0.05, 0.1) is 6.26 Å². The number of sulfonamides is 1. The topological polar surface area (TPSA) is 96.6 Å². The summed E-state index contributed by atoms with van der Waals surface area (Å²) in [6.45, 7) is 3.63. The summed E-state index contributed by atoms with van der Waals surface area (Å²) in [5.41, 5.74) is 5.60. The molecule has 0 unspecified atom stereocenters. The van der Waals surface area contributed by atoms with Gasteiger partial charge in [0.15, 0.2) is 5.96 Å². The summed E-state index contributed by atoms with van der Waals surface area (Å²) in [4.78, 5) is 4.14. The summed E-state index contributed by atoms with van der Waals surface area (Å²) >= 11 is 0. The van der Waals surface area contributed by atoms with E-state index in [9.17, 15) is 8.42 Å². The van der Waals surface area contributed by atoms with Crippen molar-refractivity contribution in [1.82, 2.24) is 10.0 Å². The molecule has 0 aliphatic carbocycles. The van der Waals surface area contributed by atoms with Crippen LogP contribution in [0, 0.1) is 0 Å². The van der Waals surface area contributed by atoms with Crippen molar-refractivity contribution in [2.24, 2.45) is 10.7 Å². The second kappa shape index (κ2) is 9.23. The third-order valence-electron chi connectivity index (χ3n) is 2.09. The third-order valence-corrected chi connectivity index (χ3v) is 2.82. The molecule has 17 heavy (non-hydrogen) atoms. The van der Waals surface area contributed by atoms with Gasteiger partial charge in [-0.05, 0) is 6.42 Å². The number of hydrogen-bond acceptors (Lipinski definition) is 3. The number of nitrogens with one attached hydrogen (secondary N) is 2. The molecule has 0 aliphatic rings. The van der Waals surface area contributed by atoms with Gasteiger partial charge in [-0.15, -0.1) is 0 Å². The van der Waals surface area contributed by atoms with Crippen molar-refractivity contribution in [2.45, 2.75) is 32.6 Å². The summed E-state index contributed by atoms with van der Waals surface area (Å²) in [6.07, 6.45) is 5.76. The van der Waals surface area contributed by atoms with E-state index in [1.165, 1.54) is 19.3 Å². The van der Waals surface area contributed by atoms with Crippen molar-refractivity contribution in [3.05, 3.63) is 0 Å². The molecule has 0 aromatic heterocycles. The number of unbranched alkanes of at least 4 members (excludes halogenated alkanes) is 3. The minimum atomic E-state index is -3.12. The summed E-state index contributed by atoms with van der Waals surface area (Å²) in [5.74, 6) is 0.372. The zero-order valence-electron chi connectivity index (χ0n) is 10.7. The number of guanidine groups is 1. The smallest absolute Gasteiger partial charge is 0.208 e. The van der Waals surface area contributed by atoms with Gasteiger partial charge in [0.1, 0.15) is 0 Å². The molecule has 0 bridgehead atoms. The predicted molar refractivity (Wildman–Crippen MR) is 71.5 cm³/mol. The van der Waals surface area contributed by atoms with Crippen molar-refractivity contribution in [1.29, 1.82) is 0 Å². The summed E-state index contributed by atoms with van der Waals surface area (Å²) in [5, 5.41) is 2.85. The van der Waals surface area contributed by atoms with Gasteiger partial charge in [0.2, 0.25) is 10.0 Å². The van der Waals surface area contributed by atoms with E-state index < -0.39 is 10.0 Å². The van der Waals surface area contributed by atoms with Crippen molar-refractivity contribution in [3.8, 4) is 0 Å². The maximum atomic E-state index is 10.7. The molecule has 0 atom stereocenters. The maximum absolute atomic E-state index is 10.7. The largest absolute Gasteiger partial charge is 0.370 e. The highest BCUT2D eigenvalue weighted by Gasteiger charge is 1.98. The minimum Gasteiger partial charge on any atom is -0.370 e. The lowest BCUT2D eigenvalue weighted by Gasteiger charge is -2.05. The molecule has 0 saturated carbocycles. The molecule has 0 heterocycles. The van der Waals surface area contributed by atoms with Gasteiger partial charge >= 0.3 is 0 Å². The monoisotopic (exact) mass is 264 g/mol. The lowest BCUT2D eigenvalue weighted by Crippen LogP contribution is -2.38. The molecule has 0 aliphatic heterocycles. The van der Waals surface area contributed by atoms with Gasteiger partial charge in [0.25, 0.3) is 0 Å². The fourth-order valence-electron chi connectivity index (χ4n) is 1.22. The molecule has 0 fully saturated rings. The maximum Gasteiger partial charge on any atom is 0.208 e. The Labute approximate surface area is 104 Å². The number of rotatable bonds is 9. The minimum absolute atomic E-state index is 0.310. The van der Waals surface area contributed by atoms with E-state index in [2.05, 4.69) is 22.0 Å². The molecular weight excluding hydrogens is 240 g/mol. The van der Waals surface area contributed by atoms with Crippen LogP contribution >= 0.6 is 0 Å². The summed E-state index contributed by atoms with van der Waals surface area (Å²) in [6, 6.07) is 0. The molecule has 0 saturated heterocycles. The summed E-state index contributed by atoms with van der Waals surface area (Å²) < 4.78 is 23.9. The van der Waals surface area contributed by atoms with Gasteiger partial charge in [-0.2, -0.15) is 0 Å². The van der Waals surface area contributed by atoms with Crippen LogP contribution in [0.15, 0.2) is 4.99 Å². The molecule has 0 spiro atoms. The number of hydrogen-bond donors (Lipinski definition) is 3. The number of nitrogens with two attached hydrogens (primary N) is 1. The van der Waals surface area contributed by atoms with E-state index in [0.717, 1.165) is 19.2 Å². The lowest BCUT2D eigenvalue weighted by molar-refractivity contribution is 0.587. The second-order valence-electron chi connectivity index (χ2n) is 3.92. The molecule has 4 N–H and O–H groups in total. The van der Waals surface area contributed by atoms with Crippen molar-refractivity contribution >= 4 is 16.0 Å².